The molecule has 110 valence electrons. The first kappa shape index (κ1) is 15.3. The number of hydrogen-bond acceptors (Lipinski definition) is 3. The third-order valence-electron chi connectivity index (χ3n) is 3.01. The van der Waals surface area contributed by atoms with Crippen molar-refractivity contribution in [1.82, 2.24) is 4.98 Å². The molecule has 0 aliphatic rings. The minimum Gasteiger partial charge on any atom is -0.370 e. The zero-order valence-corrected chi connectivity index (χ0v) is 12.9. The van der Waals surface area contributed by atoms with Gasteiger partial charge in [0.15, 0.2) is 0 Å². The zero-order chi connectivity index (χ0) is 15.2. The van der Waals surface area contributed by atoms with E-state index in [4.69, 9.17) is 11.6 Å². The summed E-state index contributed by atoms with van der Waals surface area (Å²) in [4.78, 5) is 16.3. The highest BCUT2D eigenvalue weighted by Gasteiger charge is 2.07. The lowest BCUT2D eigenvalue weighted by atomic mass is 10.2. The van der Waals surface area contributed by atoms with E-state index >= 15 is 0 Å². The zero-order valence-electron chi connectivity index (χ0n) is 12.1. The van der Waals surface area contributed by atoms with E-state index < -0.39 is 0 Å². The Kier molecular flexibility index (Phi) is 5.17. The van der Waals surface area contributed by atoms with Crippen LogP contribution in [0.4, 0.5) is 11.5 Å². The molecule has 2 N–H and O–H groups in total. The molecule has 21 heavy (non-hydrogen) atoms. The fourth-order valence-corrected chi connectivity index (χ4v) is 1.94. The highest BCUT2D eigenvalue weighted by molar-refractivity contribution is 6.31. The van der Waals surface area contributed by atoms with Crippen molar-refractivity contribution in [2.24, 2.45) is 0 Å². The molecule has 0 radical (unpaired) electrons. The van der Waals surface area contributed by atoms with Gasteiger partial charge in [-0.25, -0.2) is 4.98 Å². The molecule has 5 heteroatoms. The topological polar surface area (TPSA) is 54.0 Å². The molecule has 1 heterocycles. The largest absolute Gasteiger partial charge is 0.370 e. The van der Waals surface area contributed by atoms with E-state index in [1.165, 1.54) is 0 Å². The molecule has 1 aromatic carbocycles. The fourth-order valence-electron chi connectivity index (χ4n) is 1.76. The van der Waals surface area contributed by atoms with Crippen molar-refractivity contribution in [3.8, 4) is 0 Å². The number of anilines is 2. The SMILES string of the molecule is CCCNc1ccc(C(=O)Nc2ccc(C)c(Cl)c2)cn1. The number of carbonyl (C=O) groups excluding carboxylic acids is 1. The molecule has 0 saturated carbocycles. The van der Waals surface area contributed by atoms with Gasteiger partial charge in [0.1, 0.15) is 5.82 Å². The number of rotatable bonds is 5. The lowest BCUT2D eigenvalue weighted by molar-refractivity contribution is 0.102. The van der Waals surface area contributed by atoms with Crippen molar-refractivity contribution in [3.63, 3.8) is 0 Å². The predicted octanol–water partition coefficient (Wildman–Crippen LogP) is 4.12. The Balaban J connectivity index is 2.04. The fraction of sp³-hybridized carbons (Fsp3) is 0.250. The van der Waals surface area contributed by atoms with E-state index in [9.17, 15) is 4.79 Å². The van der Waals surface area contributed by atoms with Gasteiger partial charge in [0, 0.05) is 23.5 Å². The molecule has 0 fully saturated rings. The number of aryl methyl sites for hydroxylation is 1. The van der Waals surface area contributed by atoms with E-state index in [1.54, 1.807) is 24.4 Å². The third kappa shape index (κ3) is 4.20. The minimum absolute atomic E-state index is 0.204. The number of carbonyl (C=O) groups is 1. The van der Waals surface area contributed by atoms with Crippen molar-refractivity contribution in [2.45, 2.75) is 20.3 Å². The summed E-state index contributed by atoms with van der Waals surface area (Å²) in [7, 11) is 0. The van der Waals surface area contributed by atoms with Crippen molar-refractivity contribution in [2.75, 3.05) is 17.2 Å². The highest BCUT2D eigenvalue weighted by Crippen LogP contribution is 2.20. The second-order valence-corrected chi connectivity index (χ2v) is 5.18. The van der Waals surface area contributed by atoms with E-state index in [2.05, 4.69) is 22.5 Å². The van der Waals surface area contributed by atoms with Crippen LogP contribution >= 0.6 is 11.6 Å². The van der Waals surface area contributed by atoms with Crippen LogP contribution in [0.3, 0.4) is 0 Å². The number of nitrogens with one attached hydrogen (secondary N) is 2. The number of aromatic nitrogens is 1. The standard InChI is InChI=1S/C16H18ClN3O/c1-3-8-18-15-7-5-12(10-19-15)16(21)20-13-6-4-11(2)14(17)9-13/h4-7,9-10H,3,8H2,1-2H3,(H,18,19)(H,20,21). The van der Waals surface area contributed by atoms with Gasteiger partial charge >= 0.3 is 0 Å². The first-order chi connectivity index (χ1) is 10.1. The number of pyridine rings is 1. The molecule has 0 spiro atoms. The number of benzene rings is 1. The lowest BCUT2D eigenvalue weighted by Gasteiger charge is -2.08. The van der Waals surface area contributed by atoms with Crippen LogP contribution in [0.1, 0.15) is 29.3 Å². The Labute approximate surface area is 129 Å². The summed E-state index contributed by atoms with van der Waals surface area (Å²) in [5.41, 5.74) is 2.15. The van der Waals surface area contributed by atoms with Gasteiger partial charge in [-0.2, -0.15) is 0 Å². The van der Waals surface area contributed by atoms with Crippen LogP contribution in [-0.2, 0) is 0 Å². The van der Waals surface area contributed by atoms with Gasteiger partial charge < -0.3 is 10.6 Å². The van der Waals surface area contributed by atoms with E-state index in [0.717, 1.165) is 24.3 Å². The molecule has 1 aromatic heterocycles. The first-order valence-electron chi connectivity index (χ1n) is 6.87. The maximum absolute atomic E-state index is 12.1. The number of hydrogen-bond donors (Lipinski definition) is 2. The summed E-state index contributed by atoms with van der Waals surface area (Å²) in [5.74, 6) is 0.566. The van der Waals surface area contributed by atoms with Gasteiger partial charge in [0.25, 0.3) is 5.91 Å². The van der Waals surface area contributed by atoms with Crippen molar-refractivity contribution in [3.05, 3.63) is 52.7 Å². The van der Waals surface area contributed by atoms with E-state index in [1.807, 2.05) is 19.1 Å². The Morgan fingerprint density at radius 1 is 1.29 bits per heavy atom. The second-order valence-electron chi connectivity index (χ2n) is 4.78. The van der Waals surface area contributed by atoms with Crippen LogP contribution < -0.4 is 10.6 Å². The second kappa shape index (κ2) is 7.09. The number of halogens is 1. The molecule has 2 rings (SSSR count). The third-order valence-corrected chi connectivity index (χ3v) is 3.42. The normalized spacial score (nSPS) is 10.2. The van der Waals surface area contributed by atoms with Crippen LogP contribution in [0.5, 0.6) is 0 Å². The van der Waals surface area contributed by atoms with Gasteiger partial charge in [-0.05, 0) is 43.2 Å². The van der Waals surface area contributed by atoms with Crippen molar-refractivity contribution in [1.29, 1.82) is 0 Å². The molecule has 0 unspecified atom stereocenters. The lowest BCUT2D eigenvalue weighted by Crippen LogP contribution is -2.12. The van der Waals surface area contributed by atoms with Crippen LogP contribution in [0.25, 0.3) is 0 Å². The average molecular weight is 304 g/mol. The molecule has 0 saturated heterocycles. The van der Waals surface area contributed by atoms with Crippen molar-refractivity contribution >= 4 is 29.0 Å². The maximum Gasteiger partial charge on any atom is 0.257 e. The quantitative estimate of drug-likeness (QED) is 0.873. The first-order valence-corrected chi connectivity index (χ1v) is 7.25. The Bertz CT molecular complexity index is 626. The summed E-state index contributed by atoms with van der Waals surface area (Å²) in [6, 6.07) is 8.97. The highest BCUT2D eigenvalue weighted by atomic mass is 35.5. The molecule has 1 amide bonds. The molecule has 4 nitrogen and oxygen atoms in total. The van der Waals surface area contributed by atoms with Crippen LogP contribution in [0.15, 0.2) is 36.5 Å². The Morgan fingerprint density at radius 3 is 2.71 bits per heavy atom. The molecular weight excluding hydrogens is 286 g/mol. The van der Waals surface area contributed by atoms with Gasteiger partial charge in [-0.15, -0.1) is 0 Å². The minimum atomic E-state index is -0.204. The predicted molar refractivity (Wildman–Crippen MR) is 87.2 cm³/mol. The van der Waals surface area contributed by atoms with Gasteiger partial charge in [-0.1, -0.05) is 24.6 Å². The van der Waals surface area contributed by atoms with E-state index in [-0.39, 0.29) is 5.91 Å². The molecule has 0 aliphatic carbocycles. The molecule has 0 bridgehead atoms. The molecule has 2 aromatic rings. The summed E-state index contributed by atoms with van der Waals surface area (Å²) in [6.07, 6.45) is 2.58. The summed E-state index contributed by atoms with van der Waals surface area (Å²) >= 11 is 6.04. The average Bonchev–Trinajstić information content (AvgIpc) is 2.49. The van der Waals surface area contributed by atoms with Crippen molar-refractivity contribution < 1.29 is 4.79 Å². The molecule has 0 atom stereocenters. The summed E-state index contributed by atoms with van der Waals surface area (Å²) in [5, 5.41) is 6.60. The summed E-state index contributed by atoms with van der Waals surface area (Å²) < 4.78 is 0. The van der Waals surface area contributed by atoms with Gasteiger partial charge in [0.2, 0.25) is 0 Å². The molecular formula is C16H18ClN3O. The smallest absolute Gasteiger partial charge is 0.257 e. The maximum atomic E-state index is 12.1. The van der Waals surface area contributed by atoms with Crippen LogP contribution in [0.2, 0.25) is 5.02 Å². The number of amides is 1. The Hall–Kier alpha value is -2.07. The monoisotopic (exact) mass is 303 g/mol. The van der Waals surface area contributed by atoms with Gasteiger partial charge in [-0.3, -0.25) is 4.79 Å². The number of nitrogens with zero attached hydrogens (tertiary/aromatic N) is 1. The van der Waals surface area contributed by atoms with Crippen LogP contribution in [0, 0.1) is 6.92 Å². The van der Waals surface area contributed by atoms with E-state index in [0.29, 0.717) is 16.3 Å². The molecule has 0 aliphatic heterocycles. The van der Waals surface area contributed by atoms with Crippen LogP contribution in [-0.4, -0.2) is 17.4 Å². The summed E-state index contributed by atoms with van der Waals surface area (Å²) in [6.45, 7) is 4.86. The Morgan fingerprint density at radius 2 is 2.10 bits per heavy atom. The van der Waals surface area contributed by atoms with Gasteiger partial charge in [0.05, 0.1) is 5.56 Å².